The summed E-state index contributed by atoms with van der Waals surface area (Å²) in [4.78, 5) is 14.9. The summed E-state index contributed by atoms with van der Waals surface area (Å²) in [5.41, 5.74) is 3.04. The molecule has 10 heteroatoms. The quantitative estimate of drug-likeness (QED) is 0.409. The molecule has 4 heterocycles. The lowest BCUT2D eigenvalue weighted by Gasteiger charge is -2.31. The van der Waals surface area contributed by atoms with Crippen LogP contribution < -0.4 is 4.90 Å². The van der Waals surface area contributed by atoms with Crippen LogP contribution >= 0.6 is 22.9 Å². The lowest BCUT2D eigenvalue weighted by molar-refractivity contribution is 0.0783. The number of aliphatic hydroxyl groups is 1. The van der Waals surface area contributed by atoms with E-state index in [2.05, 4.69) is 15.0 Å². The van der Waals surface area contributed by atoms with Crippen molar-refractivity contribution in [1.82, 2.24) is 15.0 Å². The second kappa shape index (κ2) is 9.64. The number of hydrogen-bond acceptors (Lipinski definition) is 7. The fourth-order valence-corrected chi connectivity index (χ4v) is 4.70. The highest BCUT2D eigenvalue weighted by Gasteiger charge is 2.25. The standard InChI is InChI=1S/C25H25ClF2N4O2S/c1-13-9-29-19(20-12-35-24(31-20)25(4,5)33)8-21(13)32-11-17(26)22(6-14(32)2)34-15(3)23-18(28)7-16(27)10-30-23/h6-10,12,15,33H,11H2,1-5H3/t15-/m0/s1. The van der Waals surface area contributed by atoms with Gasteiger partial charge in [0.1, 0.15) is 39.7 Å². The molecule has 3 aromatic heterocycles. The minimum absolute atomic E-state index is 0.000147. The van der Waals surface area contributed by atoms with E-state index in [9.17, 15) is 13.9 Å². The minimum Gasteiger partial charge on any atom is -0.483 e. The van der Waals surface area contributed by atoms with Crippen molar-refractivity contribution in [3.05, 3.63) is 80.4 Å². The average molecular weight is 519 g/mol. The molecule has 0 saturated heterocycles. The third-order valence-electron chi connectivity index (χ3n) is 5.51. The van der Waals surface area contributed by atoms with Gasteiger partial charge in [-0.25, -0.2) is 13.8 Å². The predicted octanol–water partition coefficient (Wildman–Crippen LogP) is 6.37. The molecule has 1 aliphatic rings. The third kappa shape index (κ3) is 5.37. The molecule has 184 valence electrons. The van der Waals surface area contributed by atoms with E-state index in [1.54, 1.807) is 33.0 Å². The zero-order valence-corrected chi connectivity index (χ0v) is 21.5. The van der Waals surface area contributed by atoms with Gasteiger partial charge >= 0.3 is 0 Å². The third-order valence-corrected chi connectivity index (χ3v) is 6.97. The Morgan fingerprint density at radius 3 is 2.57 bits per heavy atom. The molecule has 1 aliphatic heterocycles. The maximum Gasteiger partial charge on any atom is 0.151 e. The molecule has 0 aromatic carbocycles. The van der Waals surface area contributed by atoms with Gasteiger partial charge in [-0.1, -0.05) is 11.6 Å². The van der Waals surface area contributed by atoms with Gasteiger partial charge in [0.05, 0.1) is 23.5 Å². The van der Waals surface area contributed by atoms with Crippen LogP contribution in [0.4, 0.5) is 14.5 Å². The zero-order chi connectivity index (χ0) is 25.5. The number of anilines is 1. The zero-order valence-electron chi connectivity index (χ0n) is 19.9. The first kappa shape index (κ1) is 25.2. The van der Waals surface area contributed by atoms with Gasteiger partial charge in [-0.15, -0.1) is 11.3 Å². The normalized spacial score (nSPS) is 15.3. The lowest BCUT2D eigenvalue weighted by atomic mass is 10.1. The lowest BCUT2D eigenvalue weighted by Crippen LogP contribution is -2.27. The van der Waals surface area contributed by atoms with Crippen molar-refractivity contribution in [2.75, 3.05) is 11.4 Å². The summed E-state index contributed by atoms with van der Waals surface area (Å²) in [6.45, 7) is 9.23. The Bertz CT molecular complexity index is 1330. The number of aryl methyl sites for hydroxylation is 1. The number of aromatic nitrogens is 3. The van der Waals surface area contributed by atoms with E-state index in [4.69, 9.17) is 16.3 Å². The number of halogens is 3. The second-order valence-corrected chi connectivity index (χ2v) is 10.2. The van der Waals surface area contributed by atoms with Gasteiger partial charge in [0.15, 0.2) is 5.82 Å². The van der Waals surface area contributed by atoms with Gasteiger partial charge < -0.3 is 14.7 Å². The molecule has 0 saturated carbocycles. The van der Waals surface area contributed by atoms with Crippen LogP contribution in [0.2, 0.25) is 0 Å². The number of pyridine rings is 2. The number of rotatable bonds is 6. The van der Waals surface area contributed by atoms with Crippen molar-refractivity contribution >= 4 is 28.6 Å². The van der Waals surface area contributed by atoms with Crippen molar-refractivity contribution in [1.29, 1.82) is 0 Å². The van der Waals surface area contributed by atoms with E-state index in [0.29, 0.717) is 33.7 Å². The topological polar surface area (TPSA) is 71.4 Å². The van der Waals surface area contributed by atoms with Crippen molar-refractivity contribution in [2.45, 2.75) is 46.3 Å². The molecule has 0 bridgehead atoms. The number of hydrogen-bond donors (Lipinski definition) is 1. The van der Waals surface area contributed by atoms with Crippen molar-refractivity contribution in [2.24, 2.45) is 0 Å². The molecule has 35 heavy (non-hydrogen) atoms. The maximum atomic E-state index is 14.1. The average Bonchev–Trinajstić information content (AvgIpc) is 3.27. The van der Waals surface area contributed by atoms with E-state index in [-0.39, 0.29) is 5.69 Å². The van der Waals surface area contributed by atoms with E-state index in [1.165, 1.54) is 11.3 Å². The number of nitrogens with zero attached hydrogens (tertiary/aromatic N) is 4. The van der Waals surface area contributed by atoms with Crippen molar-refractivity contribution in [3.8, 4) is 11.4 Å². The Kier molecular flexibility index (Phi) is 6.95. The number of allylic oxidation sites excluding steroid dienone is 2. The van der Waals surface area contributed by atoms with Crippen LogP contribution in [-0.2, 0) is 10.3 Å². The molecule has 0 fully saturated rings. The van der Waals surface area contributed by atoms with E-state index >= 15 is 0 Å². The summed E-state index contributed by atoms with van der Waals surface area (Å²) >= 11 is 7.97. The predicted molar refractivity (Wildman–Crippen MR) is 133 cm³/mol. The minimum atomic E-state index is -1.03. The van der Waals surface area contributed by atoms with Crippen LogP contribution in [0.3, 0.4) is 0 Å². The summed E-state index contributed by atoms with van der Waals surface area (Å²) in [6.07, 6.45) is 3.74. The first-order chi connectivity index (χ1) is 16.4. The molecule has 6 nitrogen and oxygen atoms in total. The van der Waals surface area contributed by atoms with Gasteiger partial charge in [0.25, 0.3) is 0 Å². The van der Waals surface area contributed by atoms with Crippen LogP contribution in [0.25, 0.3) is 11.4 Å². The van der Waals surface area contributed by atoms with Gasteiger partial charge in [0.2, 0.25) is 0 Å². The molecule has 0 amide bonds. The maximum absolute atomic E-state index is 14.1. The number of ether oxygens (including phenoxy) is 1. The molecule has 0 spiro atoms. The van der Waals surface area contributed by atoms with Gasteiger partial charge in [-0.2, -0.15) is 0 Å². The second-order valence-electron chi connectivity index (χ2n) is 8.87. The van der Waals surface area contributed by atoms with Crippen LogP contribution in [0.15, 0.2) is 52.5 Å². The molecular weight excluding hydrogens is 494 g/mol. The Morgan fingerprint density at radius 1 is 1.17 bits per heavy atom. The van der Waals surface area contributed by atoms with Crippen molar-refractivity contribution < 1.29 is 18.6 Å². The Labute approximate surface area is 211 Å². The monoisotopic (exact) mass is 518 g/mol. The molecule has 3 aromatic rings. The highest BCUT2D eigenvalue weighted by molar-refractivity contribution is 7.10. The summed E-state index contributed by atoms with van der Waals surface area (Å²) in [6, 6.07) is 2.71. The molecule has 4 rings (SSSR count). The highest BCUT2D eigenvalue weighted by atomic mass is 35.5. The van der Waals surface area contributed by atoms with Crippen molar-refractivity contribution in [3.63, 3.8) is 0 Å². The Morgan fingerprint density at radius 2 is 1.91 bits per heavy atom. The largest absolute Gasteiger partial charge is 0.483 e. The van der Waals surface area contributed by atoms with Gasteiger partial charge in [-0.05, 0) is 46.2 Å². The van der Waals surface area contributed by atoms with Crippen LogP contribution in [0.1, 0.15) is 50.1 Å². The summed E-state index contributed by atoms with van der Waals surface area (Å²) in [5.74, 6) is -1.12. The van der Waals surface area contributed by atoms with E-state index < -0.39 is 23.3 Å². The van der Waals surface area contributed by atoms with Crippen LogP contribution in [0, 0.1) is 18.6 Å². The molecular formula is C25H25ClF2N4O2S. The molecule has 1 atom stereocenters. The van der Waals surface area contributed by atoms with E-state index in [0.717, 1.165) is 29.2 Å². The fraction of sp³-hybridized carbons (Fsp3) is 0.320. The highest BCUT2D eigenvalue weighted by Crippen LogP contribution is 2.35. The molecule has 1 N–H and O–H groups in total. The molecule has 0 unspecified atom stereocenters. The number of thiazole rings is 1. The van der Waals surface area contributed by atoms with Crippen LogP contribution in [-0.4, -0.2) is 26.6 Å². The summed E-state index contributed by atoms with van der Waals surface area (Å²) in [7, 11) is 0. The summed E-state index contributed by atoms with van der Waals surface area (Å²) < 4.78 is 33.2. The van der Waals surface area contributed by atoms with Gasteiger partial charge in [-0.3, -0.25) is 9.97 Å². The molecule has 0 radical (unpaired) electrons. The molecule has 0 aliphatic carbocycles. The van der Waals surface area contributed by atoms with Gasteiger partial charge in [0, 0.05) is 35.1 Å². The Balaban J connectivity index is 1.58. The first-order valence-corrected chi connectivity index (χ1v) is 12.2. The first-order valence-electron chi connectivity index (χ1n) is 10.9. The fourth-order valence-electron chi connectivity index (χ4n) is 3.65. The smallest absolute Gasteiger partial charge is 0.151 e. The summed E-state index contributed by atoms with van der Waals surface area (Å²) in [5, 5.41) is 13.2. The van der Waals surface area contributed by atoms with E-state index in [1.807, 2.05) is 30.2 Å². The van der Waals surface area contributed by atoms with Crippen LogP contribution in [0.5, 0.6) is 0 Å². The Hall–Kier alpha value is -2.88. The SMILES string of the molecule is CC1=CC(O[C@@H](C)c2ncc(F)cc2F)=C(Cl)CN1c1cc(-c2csc(C(C)(C)O)n2)ncc1C.